The largest absolute Gasteiger partial charge is 0.372 e. The van der Waals surface area contributed by atoms with Crippen LogP contribution in [0.5, 0.6) is 0 Å². The standard InChI is InChI=1S/C32H31N5/c1-3-37(4-2)31-13-5-23(6-14-31)15-17-32-18-16-29(36-32)21-28-10-9-25(34-28)19-24-7-8-26(33-24)20-27-11-12-30(22-32)35-27/h5-17,19-22,35-36H,3-4,18H2,1-2H3. The minimum atomic E-state index is -0.351. The van der Waals surface area contributed by atoms with Crippen molar-refractivity contribution in [3.63, 3.8) is 0 Å². The van der Waals surface area contributed by atoms with Gasteiger partial charge in [-0.25, -0.2) is 9.98 Å². The third-order valence-corrected chi connectivity index (χ3v) is 7.04. The van der Waals surface area contributed by atoms with Crippen molar-refractivity contribution >= 4 is 35.3 Å². The van der Waals surface area contributed by atoms with Gasteiger partial charge >= 0.3 is 0 Å². The Morgan fingerprint density at radius 3 is 2.30 bits per heavy atom. The van der Waals surface area contributed by atoms with E-state index in [-0.39, 0.29) is 5.54 Å². The van der Waals surface area contributed by atoms with Gasteiger partial charge in [-0.2, -0.15) is 0 Å². The van der Waals surface area contributed by atoms with E-state index in [9.17, 15) is 0 Å². The van der Waals surface area contributed by atoms with Crippen molar-refractivity contribution in [3.05, 3.63) is 118 Å². The van der Waals surface area contributed by atoms with Crippen molar-refractivity contribution < 1.29 is 0 Å². The van der Waals surface area contributed by atoms with Crippen LogP contribution in [0.4, 0.5) is 5.69 Å². The molecule has 6 rings (SSSR count). The summed E-state index contributed by atoms with van der Waals surface area (Å²) in [5, 5.41) is 5.86. The SMILES string of the molecule is CCN(CC)c1ccc(C=CC23C=c4ccc([nH]4)=CC4=NC(=CC5=NC(=CC(=CC2)N3)C=C5)C=C4)cc1. The third-order valence-electron chi connectivity index (χ3n) is 7.04. The molecule has 1 unspecified atom stereocenters. The first-order valence-electron chi connectivity index (χ1n) is 13.0. The summed E-state index contributed by atoms with van der Waals surface area (Å²) in [6.07, 6.45) is 24.2. The lowest BCUT2D eigenvalue weighted by atomic mass is 9.95. The fourth-order valence-electron chi connectivity index (χ4n) is 5.08. The maximum atomic E-state index is 4.77. The minimum absolute atomic E-state index is 0.351. The molecule has 0 saturated carbocycles. The summed E-state index contributed by atoms with van der Waals surface area (Å²) >= 11 is 0. The number of hydrogen-bond acceptors (Lipinski definition) is 4. The molecule has 5 nitrogen and oxygen atoms in total. The number of hydrogen-bond donors (Lipinski definition) is 2. The number of aliphatic imine (C=N–C) groups is 2. The van der Waals surface area contributed by atoms with E-state index in [2.05, 4.69) is 108 Å². The number of aromatic nitrogens is 1. The van der Waals surface area contributed by atoms with Crippen LogP contribution in [-0.2, 0) is 0 Å². The number of aromatic amines is 1. The Balaban J connectivity index is 1.38. The molecule has 5 heteroatoms. The molecular formula is C32H31N5. The van der Waals surface area contributed by atoms with Gasteiger partial charge in [0.2, 0.25) is 0 Å². The molecule has 0 radical (unpaired) electrons. The van der Waals surface area contributed by atoms with E-state index in [0.717, 1.165) is 58.7 Å². The van der Waals surface area contributed by atoms with Crippen LogP contribution in [-0.4, -0.2) is 35.0 Å². The van der Waals surface area contributed by atoms with E-state index in [0.29, 0.717) is 0 Å². The average molecular weight is 486 g/mol. The van der Waals surface area contributed by atoms with E-state index in [1.54, 1.807) is 0 Å². The highest BCUT2D eigenvalue weighted by Gasteiger charge is 2.28. The zero-order valence-electron chi connectivity index (χ0n) is 21.3. The Morgan fingerprint density at radius 2 is 1.54 bits per heavy atom. The normalized spacial score (nSPS) is 21.5. The lowest BCUT2D eigenvalue weighted by Gasteiger charge is -2.24. The molecule has 0 saturated heterocycles. The molecule has 5 heterocycles. The number of rotatable bonds is 5. The molecule has 8 bridgehead atoms. The fraction of sp³-hybridized carbons (Fsp3) is 0.188. The quantitative estimate of drug-likeness (QED) is 0.653. The summed E-state index contributed by atoms with van der Waals surface area (Å²) in [6.45, 7) is 6.40. The van der Waals surface area contributed by atoms with Crippen LogP contribution in [0, 0.1) is 0 Å². The number of allylic oxidation sites excluding steroid dienone is 6. The third kappa shape index (κ3) is 4.98. The maximum Gasteiger partial charge on any atom is 0.0801 e. The van der Waals surface area contributed by atoms with Crippen LogP contribution < -0.4 is 20.9 Å². The molecule has 4 aliphatic rings. The van der Waals surface area contributed by atoms with Crippen molar-refractivity contribution in [2.45, 2.75) is 25.8 Å². The summed E-state index contributed by atoms with van der Waals surface area (Å²) in [5.41, 5.74) is 6.84. The van der Waals surface area contributed by atoms with Crippen LogP contribution in [0.1, 0.15) is 25.8 Å². The Morgan fingerprint density at radius 1 is 0.838 bits per heavy atom. The van der Waals surface area contributed by atoms with Crippen LogP contribution in [0.25, 0.3) is 18.2 Å². The van der Waals surface area contributed by atoms with Gasteiger partial charge in [-0.15, -0.1) is 0 Å². The highest BCUT2D eigenvalue weighted by atomic mass is 15.1. The van der Waals surface area contributed by atoms with Crippen molar-refractivity contribution in [1.82, 2.24) is 10.3 Å². The molecule has 0 aliphatic carbocycles. The second-order valence-electron chi connectivity index (χ2n) is 9.66. The number of anilines is 1. The van der Waals surface area contributed by atoms with E-state index < -0.39 is 0 Å². The van der Waals surface area contributed by atoms with Gasteiger partial charge in [-0.1, -0.05) is 30.4 Å². The first-order valence-corrected chi connectivity index (χ1v) is 13.0. The van der Waals surface area contributed by atoms with E-state index in [1.165, 1.54) is 11.3 Å². The number of nitrogens with zero attached hydrogens (tertiary/aromatic N) is 3. The van der Waals surface area contributed by atoms with E-state index in [1.807, 2.05) is 24.3 Å². The second-order valence-corrected chi connectivity index (χ2v) is 9.66. The zero-order chi connectivity index (χ0) is 25.2. The minimum Gasteiger partial charge on any atom is -0.372 e. The lowest BCUT2D eigenvalue weighted by Crippen LogP contribution is -2.37. The molecule has 1 atom stereocenters. The Kier molecular flexibility index (Phi) is 5.97. The number of nitrogens with one attached hydrogen (secondary N) is 2. The fourth-order valence-corrected chi connectivity index (χ4v) is 5.08. The molecular weight excluding hydrogens is 454 g/mol. The first kappa shape index (κ1) is 23.0. The van der Waals surface area contributed by atoms with Crippen molar-refractivity contribution in [2.24, 2.45) is 9.98 Å². The molecule has 0 spiro atoms. The summed E-state index contributed by atoms with van der Waals surface area (Å²) in [6, 6.07) is 13.0. The summed E-state index contributed by atoms with van der Waals surface area (Å²) < 4.78 is 0. The topological polar surface area (TPSA) is 55.8 Å². The van der Waals surface area contributed by atoms with Crippen molar-refractivity contribution in [1.29, 1.82) is 0 Å². The van der Waals surface area contributed by atoms with Gasteiger partial charge in [0.15, 0.2) is 0 Å². The number of benzene rings is 1. The van der Waals surface area contributed by atoms with Gasteiger partial charge in [0, 0.05) is 35.2 Å². The van der Waals surface area contributed by atoms with Crippen LogP contribution >= 0.6 is 0 Å². The lowest BCUT2D eigenvalue weighted by molar-refractivity contribution is 0.628. The van der Waals surface area contributed by atoms with Crippen molar-refractivity contribution in [2.75, 3.05) is 18.0 Å². The smallest absolute Gasteiger partial charge is 0.0801 e. The van der Waals surface area contributed by atoms with Gasteiger partial charge in [-0.05, 0) is 98.7 Å². The highest BCUT2D eigenvalue weighted by molar-refractivity contribution is 6.19. The predicted octanol–water partition coefficient (Wildman–Crippen LogP) is 4.55. The average Bonchev–Trinajstić information content (AvgIpc) is 3.70. The second kappa shape index (κ2) is 9.58. The molecule has 0 amide bonds. The monoisotopic (exact) mass is 485 g/mol. The molecule has 2 aromatic rings. The van der Waals surface area contributed by atoms with Gasteiger partial charge in [-0.3, -0.25) is 0 Å². The van der Waals surface area contributed by atoms with E-state index in [4.69, 9.17) is 9.98 Å². The van der Waals surface area contributed by atoms with Gasteiger partial charge in [0.1, 0.15) is 0 Å². The van der Waals surface area contributed by atoms with Gasteiger partial charge in [0.05, 0.1) is 28.4 Å². The van der Waals surface area contributed by atoms with Gasteiger partial charge in [0.25, 0.3) is 0 Å². The summed E-state index contributed by atoms with van der Waals surface area (Å²) in [4.78, 5) is 15.4. The molecule has 0 fully saturated rings. The number of H-pyrrole nitrogens is 1. The van der Waals surface area contributed by atoms with Crippen LogP contribution in [0.3, 0.4) is 0 Å². The van der Waals surface area contributed by atoms with Gasteiger partial charge < -0.3 is 15.2 Å². The molecule has 2 N–H and O–H groups in total. The maximum absolute atomic E-state index is 4.77. The van der Waals surface area contributed by atoms with Crippen LogP contribution in [0.2, 0.25) is 0 Å². The summed E-state index contributed by atoms with van der Waals surface area (Å²) in [5.74, 6) is 0. The number of fused-ring (bicyclic) bond motifs is 6. The van der Waals surface area contributed by atoms with Crippen molar-refractivity contribution in [3.8, 4) is 0 Å². The molecule has 1 aromatic heterocycles. The molecule has 4 aliphatic heterocycles. The Labute approximate surface area is 217 Å². The predicted molar refractivity (Wildman–Crippen MR) is 156 cm³/mol. The Bertz CT molecular complexity index is 1580. The molecule has 37 heavy (non-hydrogen) atoms. The molecule has 1 aromatic carbocycles. The zero-order valence-corrected chi connectivity index (χ0v) is 21.3. The van der Waals surface area contributed by atoms with Crippen LogP contribution in [0.15, 0.2) is 112 Å². The van der Waals surface area contributed by atoms with E-state index >= 15 is 0 Å². The first-order chi connectivity index (χ1) is 18.1. The highest BCUT2D eigenvalue weighted by Crippen LogP contribution is 2.28. The Hall–Kier alpha value is -4.38. The summed E-state index contributed by atoms with van der Waals surface area (Å²) in [7, 11) is 0. The molecule has 184 valence electrons.